The van der Waals surface area contributed by atoms with Crippen LogP contribution in [0.3, 0.4) is 0 Å². The largest absolute Gasteiger partial charge is 0.349 e. The van der Waals surface area contributed by atoms with Gasteiger partial charge in [0.05, 0.1) is 17.1 Å². The number of hydrogen-bond acceptors (Lipinski definition) is 6. The van der Waals surface area contributed by atoms with Gasteiger partial charge in [0.2, 0.25) is 21.8 Å². The fourth-order valence-corrected chi connectivity index (χ4v) is 5.66. The fraction of sp³-hybridized carbons (Fsp3) is 0.435. The summed E-state index contributed by atoms with van der Waals surface area (Å²) in [5.74, 6) is -0.0407. The van der Waals surface area contributed by atoms with E-state index in [2.05, 4.69) is 15.6 Å². The molecular formula is C23H30N4O4S2. The van der Waals surface area contributed by atoms with Crippen molar-refractivity contribution >= 4 is 33.6 Å². The van der Waals surface area contributed by atoms with Crippen molar-refractivity contribution in [2.45, 2.75) is 36.7 Å². The number of aromatic nitrogens is 1. The van der Waals surface area contributed by atoms with E-state index in [0.29, 0.717) is 25.8 Å². The molecule has 0 unspecified atom stereocenters. The SMILES string of the molecule is CSCC[C@H](NC(=O)C1CCN(S(=O)(=O)c2ccccc2)CC1)C(=O)NCc1ccccn1. The Labute approximate surface area is 199 Å². The van der Waals surface area contributed by atoms with Crippen molar-refractivity contribution in [1.82, 2.24) is 19.9 Å². The molecule has 0 aliphatic carbocycles. The molecule has 1 saturated heterocycles. The average molecular weight is 491 g/mol. The van der Waals surface area contributed by atoms with Crippen molar-refractivity contribution in [3.8, 4) is 0 Å². The van der Waals surface area contributed by atoms with Crippen LogP contribution in [-0.4, -0.2) is 60.7 Å². The molecule has 1 aliphatic heterocycles. The summed E-state index contributed by atoms with van der Waals surface area (Å²) in [7, 11) is -3.56. The zero-order chi connectivity index (χ0) is 23.7. The lowest BCUT2D eigenvalue weighted by Gasteiger charge is -2.31. The van der Waals surface area contributed by atoms with E-state index in [1.807, 2.05) is 24.5 Å². The predicted octanol–water partition coefficient (Wildman–Crippen LogP) is 2.04. The van der Waals surface area contributed by atoms with Crippen LogP contribution in [0.4, 0.5) is 0 Å². The van der Waals surface area contributed by atoms with E-state index < -0.39 is 16.1 Å². The van der Waals surface area contributed by atoms with Gasteiger partial charge in [-0.1, -0.05) is 24.3 Å². The molecule has 0 bridgehead atoms. The van der Waals surface area contributed by atoms with Gasteiger partial charge in [-0.05, 0) is 55.5 Å². The van der Waals surface area contributed by atoms with Gasteiger partial charge in [0, 0.05) is 25.2 Å². The monoisotopic (exact) mass is 490 g/mol. The molecule has 10 heteroatoms. The molecule has 0 radical (unpaired) electrons. The van der Waals surface area contributed by atoms with E-state index in [4.69, 9.17) is 0 Å². The molecule has 2 amide bonds. The van der Waals surface area contributed by atoms with Crippen molar-refractivity contribution in [1.29, 1.82) is 0 Å². The van der Waals surface area contributed by atoms with Crippen LogP contribution in [0.2, 0.25) is 0 Å². The van der Waals surface area contributed by atoms with Crippen LogP contribution in [-0.2, 0) is 26.2 Å². The molecule has 2 N–H and O–H groups in total. The van der Waals surface area contributed by atoms with Crippen molar-refractivity contribution in [3.05, 3.63) is 60.4 Å². The molecule has 1 atom stereocenters. The highest BCUT2D eigenvalue weighted by molar-refractivity contribution is 7.98. The molecule has 1 aromatic heterocycles. The number of nitrogens with one attached hydrogen (secondary N) is 2. The van der Waals surface area contributed by atoms with Crippen LogP contribution >= 0.6 is 11.8 Å². The van der Waals surface area contributed by atoms with Crippen LogP contribution in [0.25, 0.3) is 0 Å². The molecule has 1 aliphatic rings. The zero-order valence-corrected chi connectivity index (χ0v) is 20.3. The average Bonchev–Trinajstić information content (AvgIpc) is 2.86. The predicted molar refractivity (Wildman–Crippen MR) is 129 cm³/mol. The zero-order valence-electron chi connectivity index (χ0n) is 18.6. The van der Waals surface area contributed by atoms with E-state index in [9.17, 15) is 18.0 Å². The summed E-state index contributed by atoms with van der Waals surface area (Å²) in [6.45, 7) is 0.842. The van der Waals surface area contributed by atoms with Gasteiger partial charge in [0.25, 0.3) is 0 Å². The molecule has 2 aromatic rings. The second-order valence-electron chi connectivity index (χ2n) is 7.87. The van der Waals surface area contributed by atoms with Gasteiger partial charge in [0.1, 0.15) is 6.04 Å². The Morgan fingerprint density at radius 3 is 2.45 bits per heavy atom. The summed E-state index contributed by atoms with van der Waals surface area (Å²) in [6.07, 6.45) is 4.97. The fourth-order valence-electron chi connectivity index (χ4n) is 3.70. The van der Waals surface area contributed by atoms with Gasteiger partial charge < -0.3 is 10.6 Å². The number of sulfonamides is 1. The Hall–Kier alpha value is -2.43. The molecule has 0 spiro atoms. The van der Waals surface area contributed by atoms with Crippen molar-refractivity contribution in [3.63, 3.8) is 0 Å². The maximum absolute atomic E-state index is 12.9. The van der Waals surface area contributed by atoms with E-state index in [1.54, 1.807) is 48.3 Å². The Morgan fingerprint density at radius 2 is 1.82 bits per heavy atom. The lowest BCUT2D eigenvalue weighted by atomic mass is 9.96. The van der Waals surface area contributed by atoms with Crippen LogP contribution in [0.1, 0.15) is 25.0 Å². The molecule has 2 heterocycles. The minimum atomic E-state index is -3.56. The normalized spacial score (nSPS) is 16.2. The first-order valence-corrected chi connectivity index (χ1v) is 13.8. The molecule has 1 aromatic carbocycles. The van der Waals surface area contributed by atoms with E-state index in [0.717, 1.165) is 11.4 Å². The standard InChI is InChI=1S/C23H30N4O4S2/c1-32-16-12-21(23(29)25-17-19-7-5-6-13-24-19)26-22(28)18-10-14-27(15-11-18)33(30,31)20-8-3-2-4-9-20/h2-9,13,18,21H,10-12,14-17H2,1H3,(H,25,29)(H,26,28)/t21-/m0/s1. The number of benzene rings is 1. The maximum atomic E-state index is 12.9. The maximum Gasteiger partial charge on any atom is 0.243 e. The van der Waals surface area contributed by atoms with Crippen LogP contribution in [0.15, 0.2) is 59.6 Å². The van der Waals surface area contributed by atoms with Crippen LogP contribution in [0, 0.1) is 5.92 Å². The Kier molecular flexibility index (Phi) is 9.28. The van der Waals surface area contributed by atoms with Crippen LogP contribution < -0.4 is 10.6 Å². The number of amides is 2. The smallest absolute Gasteiger partial charge is 0.243 e. The summed E-state index contributed by atoms with van der Waals surface area (Å²) in [5, 5.41) is 5.74. The molecule has 1 fully saturated rings. The molecule has 178 valence electrons. The van der Waals surface area contributed by atoms with E-state index >= 15 is 0 Å². The lowest BCUT2D eigenvalue weighted by molar-refractivity contribution is -0.132. The third kappa shape index (κ3) is 7.02. The third-order valence-corrected chi connectivity index (χ3v) is 8.18. The topological polar surface area (TPSA) is 108 Å². The van der Waals surface area contributed by atoms with E-state index in [-0.39, 0.29) is 35.7 Å². The Balaban J connectivity index is 1.55. The molecule has 33 heavy (non-hydrogen) atoms. The molecule has 0 saturated carbocycles. The number of hydrogen-bond donors (Lipinski definition) is 2. The number of thioether (sulfide) groups is 1. The van der Waals surface area contributed by atoms with Crippen molar-refractivity contribution < 1.29 is 18.0 Å². The first-order valence-electron chi connectivity index (χ1n) is 10.9. The van der Waals surface area contributed by atoms with Gasteiger partial charge >= 0.3 is 0 Å². The number of nitrogens with zero attached hydrogens (tertiary/aromatic N) is 2. The molecule has 3 rings (SSSR count). The minimum Gasteiger partial charge on any atom is -0.349 e. The van der Waals surface area contributed by atoms with Crippen LogP contribution in [0.5, 0.6) is 0 Å². The van der Waals surface area contributed by atoms with Gasteiger partial charge in [-0.2, -0.15) is 16.1 Å². The number of pyridine rings is 1. The number of piperidine rings is 1. The highest BCUT2D eigenvalue weighted by Crippen LogP contribution is 2.24. The number of carbonyl (C=O) groups is 2. The van der Waals surface area contributed by atoms with Gasteiger partial charge in [0.15, 0.2) is 0 Å². The number of rotatable bonds is 10. The highest BCUT2D eigenvalue weighted by atomic mass is 32.2. The summed E-state index contributed by atoms with van der Waals surface area (Å²) in [6, 6.07) is 13.2. The first kappa shape index (κ1) is 25.2. The summed E-state index contributed by atoms with van der Waals surface area (Å²) in [4.78, 5) is 30.1. The highest BCUT2D eigenvalue weighted by Gasteiger charge is 2.33. The van der Waals surface area contributed by atoms with Gasteiger partial charge in [-0.25, -0.2) is 8.42 Å². The van der Waals surface area contributed by atoms with Gasteiger partial charge in [-0.3, -0.25) is 14.6 Å². The second kappa shape index (κ2) is 12.2. The third-order valence-electron chi connectivity index (χ3n) is 5.62. The first-order chi connectivity index (χ1) is 15.9. The van der Waals surface area contributed by atoms with Crippen molar-refractivity contribution in [2.24, 2.45) is 5.92 Å². The quantitative estimate of drug-likeness (QED) is 0.528. The van der Waals surface area contributed by atoms with E-state index in [1.165, 1.54) is 4.31 Å². The number of carbonyl (C=O) groups excluding carboxylic acids is 2. The summed E-state index contributed by atoms with van der Waals surface area (Å²) < 4.78 is 27.0. The second-order valence-corrected chi connectivity index (χ2v) is 10.8. The Morgan fingerprint density at radius 1 is 1.12 bits per heavy atom. The summed E-state index contributed by atoms with van der Waals surface area (Å²) >= 11 is 1.61. The molecular weight excluding hydrogens is 460 g/mol. The summed E-state index contributed by atoms with van der Waals surface area (Å²) in [5.41, 5.74) is 0.743. The Bertz CT molecular complexity index is 1010. The minimum absolute atomic E-state index is 0.203. The lowest BCUT2D eigenvalue weighted by Crippen LogP contribution is -2.50. The molecule has 8 nitrogen and oxygen atoms in total. The van der Waals surface area contributed by atoms with Crippen molar-refractivity contribution in [2.75, 3.05) is 25.1 Å². The van der Waals surface area contributed by atoms with Gasteiger partial charge in [-0.15, -0.1) is 0 Å².